The number of amides is 2. The molecule has 0 heterocycles. The first-order valence-electron chi connectivity index (χ1n) is 6.96. The van der Waals surface area contributed by atoms with Crippen LogP contribution in [0.25, 0.3) is 0 Å². The van der Waals surface area contributed by atoms with Gasteiger partial charge in [-0.05, 0) is 37.7 Å². The molecule has 0 bridgehead atoms. The van der Waals surface area contributed by atoms with Gasteiger partial charge in [-0.2, -0.15) is 11.8 Å². The van der Waals surface area contributed by atoms with Gasteiger partial charge in [0.15, 0.2) is 0 Å². The number of carbonyl (C=O) groups excluding carboxylic acids is 1. The van der Waals surface area contributed by atoms with Crippen molar-refractivity contribution < 1.29 is 9.90 Å². The largest absolute Gasteiger partial charge is 0.391 e. The maximum Gasteiger partial charge on any atom is 0.315 e. The summed E-state index contributed by atoms with van der Waals surface area (Å²) >= 11 is 1.89. The van der Waals surface area contributed by atoms with E-state index in [1.165, 1.54) is 0 Å². The van der Waals surface area contributed by atoms with Crippen molar-refractivity contribution in [1.29, 1.82) is 0 Å². The average Bonchev–Trinajstić information content (AvgIpc) is 2.32. The Kier molecular flexibility index (Phi) is 7.51. The lowest BCUT2D eigenvalue weighted by Crippen LogP contribution is -2.50. The van der Waals surface area contributed by atoms with Crippen molar-refractivity contribution in [3.8, 4) is 0 Å². The van der Waals surface area contributed by atoms with Gasteiger partial charge in [-0.25, -0.2) is 4.79 Å². The average molecular weight is 274 g/mol. The summed E-state index contributed by atoms with van der Waals surface area (Å²) in [5.74, 6) is 2.19. The topological polar surface area (TPSA) is 61.4 Å². The van der Waals surface area contributed by atoms with E-state index in [9.17, 15) is 9.90 Å². The number of carbonyl (C=O) groups is 1. The predicted octanol–water partition coefficient (Wildman–Crippen LogP) is 2.12. The van der Waals surface area contributed by atoms with Crippen molar-refractivity contribution in [2.45, 2.75) is 64.1 Å². The van der Waals surface area contributed by atoms with Gasteiger partial charge in [0.25, 0.3) is 0 Å². The first-order chi connectivity index (χ1) is 8.63. The van der Waals surface area contributed by atoms with Gasteiger partial charge in [-0.1, -0.05) is 19.8 Å². The van der Waals surface area contributed by atoms with E-state index in [1.807, 2.05) is 18.7 Å². The third kappa shape index (κ3) is 5.96. The molecule has 0 aliphatic heterocycles. The normalized spacial score (nSPS) is 25.5. The second kappa shape index (κ2) is 8.64. The minimum absolute atomic E-state index is 0.0732. The molecule has 3 N–H and O–H groups in total. The SMILES string of the molecule is CCSCC[C@H](C)NC(=O)N[C@H]1CCCC[C@H]1O. The first-order valence-corrected chi connectivity index (χ1v) is 8.11. The minimum atomic E-state index is -0.379. The summed E-state index contributed by atoms with van der Waals surface area (Å²) in [5, 5.41) is 15.6. The van der Waals surface area contributed by atoms with Crippen LogP contribution in [0.2, 0.25) is 0 Å². The van der Waals surface area contributed by atoms with E-state index in [1.54, 1.807) is 0 Å². The monoisotopic (exact) mass is 274 g/mol. The van der Waals surface area contributed by atoms with Gasteiger partial charge in [-0.15, -0.1) is 0 Å². The summed E-state index contributed by atoms with van der Waals surface area (Å²) in [5.41, 5.74) is 0. The Morgan fingerprint density at radius 2 is 2.17 bits per heavy atom. The molecule has 0 spiro atoms. The highest BCUT2D eigenvalue weighted by atomic mass is 32.2. The molecule has 0 aromatic heterocycles. The predicted molar refractivity (Wildman–Crippen MR) is 77.0 cm³/mol. The third-order valence-electron chi connectivity index (χ3n) is 3.32. The van der Waals surface area contributed by atoms with Crippen molar-refractivity contribution in [3.05, 3.63) is 0 Å². The Balaban J connectivity index is 2.19. The summed E-state index contributed by atoms with van der Waals surface area (Å²) in [6, 6.07) is -0.0318. The number of aliphatic hydroxyl groups is 1. The van der Waals surface area contributed by atoms with Crippen LogP contribution in [0.5, 0.6) is 0 Å². The highest BCUT2D eigenvalue weighted by Crippen LogP contribution is 2.18. The fourth-order valence-corrected chi connectivity index (χ4v) is 3.00. The van der Waals surface area contributed by atoms with Crippen molar-refractivity contribution >= 4 is 17.8 Å². The lowest BCUT2D eigenvalue weighted by atomic mass is 9.93. The second-order valence-electron chi connectivity index (χ2n) is 4.96. The maximum absolute atomic E-state index is 11.8. The Hall–Kier alpha value is -0.420. The standard InChI is InChI=1S/C13H26N2O2S/c1-3-18-9-8-10(2)14-13(17)15-11-6-4-5-7-12(11)16/h10-12,16H,3-9H2,1-2H3,(H2,14,15,17)/t10-,11-,12+/m0/s1. The van der Waals surface area contributed by atoms with Gasteiger partial charge in [-0.3, -0.25) is 0 Å². The molecule has 0 radical (unpaired) electrons. The van der Waals surface area contributed by atoms with Crippen LogP contribution in [0.1, 0.15) is 46.0 Å². The van der Waals surface area contributed by atoms with Crippen molar-refractivity contribution in [3.63, 3.8) is 0 Å². The quantitative estimate of drug-likeness (QED) is 0.650. The molecular formula is C13H26N2O2S. The number of thioether (sulfide) groups is 1. The van der Waals surface area contributed by atoms with E-state index in [2.05, 4.69) is 17.6 Å². The van der Waals surface area contributed by atoms with E-state index >= 15 is 0 Å². The van der Waals surface area contributed by atoms with E-state index < -0.39 is 0 Å². The second-order valence-corrected chi connectivity index (χ2v) is 6.36. The molecular weight excluding hydrogens is 248 g/mol. The molecule has 5 heteroatoms. The number of nitrogens with one attached hydrogen (secondary N) is 2. The third-order valence-corrected chi connectivity index (χ3v) is 4.26. The molecule has 106 valence electrons. The minimum Gasteiger partial charge on any atom is -0.391 e. The van der Waals surface area contributed by atoms with Crippen LogP contribution in [0.4, 0.5) is 4.79 Å². The fourth-order valence-electron chi connectivity index (χ4n) is 2.19. The Bertz CT molecular complexity index is 251. The molecule has 1 aliphatic rings. The molecule has 0 aromatic rings. The molecule has 0 unspecified atom stereocenters. The van der Waals surface area contributed by atoms with Gasteiger partial charge in [0, 0.05) is 6.04 Å². The number of hydrogen-bond acceptors (Lipinski definition) is 3. The van der Waals surface area contributed by atoms with Gasteiger partial charge in [0.1, 0.15) is 0 Å². The lowest BCUT2D eigenvalue weighted by Gasteiger charge is -2.29. The Morgan fingerprint density at radius 1 is 1.44 bits per heavy atom. The van der Waals surface area contributed by atoms with Crippen LogP contribution in [0, 0.1) is 0 Å². The summed E-state index contributed by atoms with van der Waals surface area (Å²) in [6.45, 7) is 4.16. The zero-order valence-corrected chi connectivity index (χ0v) is 12.3. The zero-order valence-electron chi connectivity index (χ0n) is 11.4. The summed E-state index contributed by atoms with van der Waals surface area (Å²) < 4.78 is 0. The van der Waals surface area contributed by atoms with Crippen LogP contribution < -0.4 is 10.6 Å². The summed E-state index contributed by atoms with van der Waals surface area (Å²) in [7, 11) is 0. The van der Waals surface area contributed by atoms with Gasteiger partial charge in [0.05, 0.1) is 12.1 Å². The van der Waals surface area contributed by atoms with Gasteiger partial charge >= 0.3 is 6.03 Å². The molecule has 18 heavy (non-hydrogen) atoms. The lowest BCUT2D eigenvalue weighted by molar-refractivity contribution is 0.0941. The summed E-state index contributed by atoms with van der Waals surface area (Å²) in [6.07, 6.45) is 4.44. The fraction of sp³-hybridized carbons (Fsp3) is 0.923. The van der Waals surface area contributed by atoms with Crippen LogP contribution in [-0.4, -0.2) is 40.8 Å². The van der Waals surface area contributed by atoms with E-state index in [4.69, 9.17) is 0 Å². The maximum atomic E-state index is 11.8. The molecule has 0 aromatic carbocycles. The number of hydrogen-bond donors (Lipinski definition) is 3. The zero-order chi connectivity index (χ0) is 13.4. The van der Waals surface area contributed by atoms with E-state index in [-0.39, 0.29) is 24.2 Å². The smallest absolute Gasteiger partial charge is 0.315 e. The van der Waals surface area contributed by atoms with Crippen molar-refractivity contribution in [2.24, 2.45) is 0 Å². The molecule has 1 aliphatic carbocycles. The van der Waals surface area contributed by atoms with Crippen molar-refractivity contribution in [2.75, 3.05) is 11.5 Å². The number of rotatable bonds is 6. The van der Waals surface area contributed by atoms with Crippen LogP contribution >= 0.6 is 11.8 Å². The number of urea groups is 1. The molecule has 1 fully saturated rings. The van der Waals surface area contributed by atoms with Crippen LogP contribution in [0.15, 0.2) is 0 Å². The van der Waals surface area contributed by atoms with E-state index in [0.29, 0.717) is 0 Å². The Morgan fingerprint density at radius 3 is 2.83 bits per heavy atom. The van der Waals surface area contributed by atoms with Crippen LogP contribution in [-0.2, 0) is 0 Å². The van der Waals surface area contributed by atoms with Crippen molar-refractivity contribution in [1.82, 2.24) is 10.6 Å². The molecule has 2 amide bonds. The van der Waals surface area contributed by atoms with Gasteiger partial charge < -0.3 is 15.7 Å². The molecule has 3 atom stereocenters. The molecule has 1 rings (SSSR count). The van der Waals surface area contributed by atoms with Crippen LogP contribution in [0.3, 0.4) is 0 Å². The highest BCUT2D eigenvalue weighted by molar-refractivity contribution is 7.99. The first kappa shape index (κ1) is 15.6. The highest BCUT2D eigenvalue weighted by Gasteiger charge is 2.24. The van der Waals surface area contributed by atoms with Gasteiger partial charge in [0.2, 0.25) is 0 Å². The van der Waals surface area contributed by atoms with E-state index in [0.717, 1.165) is 43.6 Å². The molecule has 4 nitrogen and oxygen atoms in total. The summed E-state index contributed by atoms with van der Waals surface area (Å²) in [4.78, 5) is 11.8. The molecule has 1 saturated carbocycles. The Labute approximate surface area is 114 Å². The molecule has 0 saturated heterocycles. The number of aliphatic hydroxyl groups excluding tert-OH is 1.